The zero-order valence-corrected chi connectivity index (χ0v) is 25.1. The fourth-order valence-electron chi connectivity index (χ4n) is 5.59. The van der Waals surface area contributed by atoms with E-state index in [9.17, 15) is 18.0 Å². The van der Waals surface area contributed by atoms with Crippen molar-refractivity contribution in [1.82, 2.24) is 10.2 Å². The largest absolute Gasteiger partial charge is 0.352 e. The normalized spacial score (nSPS) is 14.7. The molecule has 2 amide bonds. The topological polar surface area (TPSA) is 86.8 Å². The number of hydrogen-bond acceptors (Lipinski definition) is 4. The van der Waals surface area contributed by atoms with Crippen LogP contribution in [-0.2, 0) is 32.6 Å². The van der Waals surface area contributed by atoms with Crippen molar-refractivity contribution >= 4 is 27.5 Å². The fourth-order valence-corrected chi connectivity index (χ4v) is 6.42. The SMILES string of the molecule is Cc1cc(C)cc(N(CC(=O)N(Cc2ccccc2)[C@H](Cc2ccccc2)C(=O)NC2CCCCC2)S(C)(=O)=O)c1. The molecular formula is C33H41N3O4S. The molecule has 7 nitrogen and oxygen atoms in total. The molecule has 41 heavy (non-hydrogen) atoms. The third-order valence-electron chi connectivity index (χ3n) is 7.59. The third kappa shape index (κ3) is 8.67. The van der Waals surface area contributed by atoms with Crippen molar-refractivity contribution in [2.24, 2.45) is 0 Å². The van der Waals surface area contributed by atoms with Gasteiger partial charge in [-0.05, 0) is 61.1 Å². The number of nitrogens with zero attached hydrogens (tertiary/aromatic N) is 2. The van der Waals surface area contributed by atoms with Gasteiger partial charge in [-0.3, -0.25) is 13.9 Å². The van der Waals surface area contributed by atoms with E-state index in [0.29, 0.717) is 12.1 Å². The van der Waals surface area contributed by atoms with Crippen molar-refractivity contribution in [1.29, 1.82) is 0 Å². The van der Waals surface area contributed by atoms with Crippen LogP contribution in [0.1, 0.15) is 54.4 Å². The monoisotopic (exact) mass is 575 g/mol. The zero-order chi connectivity index (χ0) is 29.4. The molecule has 218 valence electrons. The van der Waals surface area contributed by atoms with Crippen molar-refractivity contribution in [2.45, 2.75) is 71.0 Å². The van der Waals surface area contributed by atoms with Crippen LogP contribution >= 0.6 is 0 Å². The highest BCUT2D eigenvalue weighted by Gasteiger charge is 2.34. The Kier molecular flexibility index (Phi) is 10.2. The van der Waals surface area contributed by atoms with Gasteiger partial charge in [0.1, 0.15) is 12.6 Å². The minimum Gasteiger partial charge on any atom is -0.352 e. The highest BCUT2D eigenvalue weighted by atomic mass is 32.2. The molecule has 1 saturated carbocycles. The number of benzene rings is 3. The molecule has 8 heteroatoms. The van der Waals surface area contributed by atoms with Gasteiger partial charge in [0.05, 0.1) is 11.9 Å². The summed E-state index contributed by atoms with van der Waals surface area (Å²) in [5, 5.41) is 3.23. The predicted molar refractivity (Wildman–Crippen MR) is 164 cm³/mol. The van der Waals surface area contributed by atoms with Crippen LogP contribution in [-0.4, -0.2) is 50.0 Å². The average Bonchev–Trinajstić information content (AvgIpc) is 2.94. The quantitative estimate of drug-likeness (QED) is 0.342. The maximum absolute atomic E-state index is 14.2. The fraction of sp³-hybridized carbons (Fsp3) is 0.394. The second-order valence-corrected chi connectivity index (χ2v) is 13.1. The first kappa shape index (κ1) is 30.3. The summed E-state index contributed by atoms with van der Waals surface area (Å²) < 4.78 is 27.2. The van der Waals surface area contributed by atoms with Gasteiger partial charge in [-0.1, -0.05) is 86.0 Å². The van der Waals surface area contributed by atoms with E-state index in [2.05, 4.69) is 5.32 Å². The molecule has 3 aromatic carbocycles. The van der Waals surface area contributed by atoms with Crippen molar-refractivity contribution in [3.05, 3.63) is 101 Å². The number of carbonyl (C=O) groups is 2. The first-order chi connectivity index (χ1) is 19.6. The van der Waals surface area contributed by atoms with E-state index in [-0.39, 0.29) is 18.5 Å². The number of carbonyl (C=O) groups excluding carboxylic acids is 2. The molecule has 1 aliphatic carbocycles. The molecule has 1 aliphatic rings. The van der Waals surface area contributed by atoms with Crippen LogP contribution in [0.5, 0.6) is 0 Å². The van der Waals surface area contributed by atoms with Crippen LogP contribution in [0, 0.1) is 13.8 Å². The number of hydrogen-bond donors (Lipinski definition) is 1. The molecule has 0 aliphatic heterocycles. The van der Waals surface area contributed by atoms with E-state index < -0.39 is 28.5 Å². The predicted octanol–water partition coefficient (Wildman–Crippen LogP) is 5.16. The minimum absolute atomic E-state index is 0.0750. The number of rotatable bonds is 11. The highest BCUT2D eigenvalue weighted by Crippen LogP contribution is 2.24. The molecule has 3 aromatic rings. The Morgan fingerprint density at radius 2 is 1.41 bits per heavy atom. The summed E-state index contributed by atoms with van der Waals surface area (Å²) in [5.74, 6) is -0.638. The Hall–Kier alpha value is -3.65. The van der Waals surface area contributed by atoms with E-state index in [1.54, 1.807) is 17.0 Å². The molecule has 0 spiro atoms. The molecule has 1 atom stereocenters. The molecule has 0 unspecified atom stereocenters. The lowest BCUT2D eigenvalue weighted by molar-refractivity contribution is -0.140. The van der Waals surface area contributed by atoms with Crippen molar-refractivity contribution < 1.29 is 18.0 Å². The van der Waals surface area contributed by atoms with Gasteiger partial charge in [-0.25, -0.2) is 8.42 Å². The summed E-state index contributed by atoms with van der Waals surface area (Å²) >= 11 is 0. The van der Waals surface area contributed by atoms with Gasteiger partial charge < -0.3 is 10.2 Å². The Labute approximate surface area is 244 Å². The number of nitrogens with one attached hydrogen (secondary N) is 1. The number of aryl methyl sites for hydroxylation is 2. The molecule has 1 fully saturated rings. The van der Waals surface area contributed by atoms with Crippen LogP contribution in [0.25, 0.3) is 0 Å². The van der Waals surface area contributed by atoms with Crippen molar-refractivity contribution in [3.8, 4) is 0 Å². The van der Waals surface area contributed by atoms with E-state index in [1.165, 1.54) is 0 Å². The second kappa shape index (κ2) is 13.8. The molecule has 0 heterocycles. The van der Waals surface area contributed by atoms with Gasteiger partial charge >= 0.3 is 0 Å². The highest BCUT2D eigenvalue weighted by molar-refractivity contribution is 7.92. The summed E-state index contributed by atoms with van der Waals surface area (Å²) in [6, 6.07) is 23.9. The maximum atomic E-state index is 14.2. The lowest BCUT2D eigenvalue weighted by atomic mass is 9.94. The van der Waals surface area contributed by atoms with E-state index in [1.807, 2.05) is 80.6 Å². The van der Waals surface area contributed by atoms with Crippen LogP contribution in [0.3, 0.4) is 0 Å². The standard InChI is InChI=1S/C33H41N3O4S/c1-25-19-26(2)21-30(20-25)36(41(3,39)40)24-32(37)35(23-28-15-9-5-10-16-28)31(22-27-13-7-4-8-14-27)33(38)34-29-17-11-6-12-18-29/h4-5,7-10,13-16,19-21,29,31H,6,11-12,17-18,22-24H2,1-3H3,(H,34,38)/t31-/m1/s1. The van der Waals surface area contributed by atoms with Crippen LogP contribution in [0.4, 0.5) is 5.69 Å². The molecule has 0 aromatic heterocycles. The molecule has 0 saturated heterocycles. The summed E-state index contributed by atoms with van der Waals surface area (Å²) in [5.41, 5.74) is 4.02. The maximum Gasteiger partial charge on any atom is 0.244 e. The molecule has 0 radical (unpaired) electrons. The Balaban J connectivity index is 1.71. The summed E-state index contributed by atoms with van der Waals surface area (Å²) in [6.45, 7) is 3.56. The van der Waals surface area contributed by atoms with Gasteiger partial charge in [0, 0.05) is 19.0 Å². The van der Waals surface area contributed by atoms with Gasteiger partial charge in [-0.15, -0.1) is 0 Å². The van der Waals surface area contributed by atoms with Gasteiger partial charge in [0.25, 0.3) is 0 Å². The number of amides is 2. The number of anilines is 1. The number of sulfonamides is 1. The molecular weight excluding hydrogens is 534 g/mol. The van der Waals surface area contributed by atoms with Gasteiger partial charge in [-0.2, -0.15) is 0 Å². The summed E-state index contributed by atoms with van der Waals surface area (Å²) in [6.07, 6.45) is 6.58. The van der Waals surface area contributed by atoms with E-state index in [0.717, 1.165) is 64.9 Å². The summed E-state index contributed by atoms with van der Waals surface area (Å²) in [7, 11) is -3.80. The van der Waals surface area contributed by atoms with Crippen molar-refractivity contribution in [2.75, 3.05) is 17.1 Å². The van der Waals surface area contributed by atoms with Gasteiger partial charge in [0.15, 0.2) is 0 Å². The van der Waals surface area contributed by atoms with Crippen LogP contribution in [0.2, 0.25) is 0 Å². The zero-order valence-electron chi connectivity index (χ0n) is 24.3. The van der Waals surface area contributed by atoms with Crippen LogP contribution in [0.15, 0.2) is 78.9 Å². The third-order valence-corrected chi connectivity index (χ3v) is 8.73. The Morgan fingerprint density at radius 3 is 1.98 bits per heavy atom. The van der Waals surface area contributed by atoms with Gasteiger partial charge in [0.2, 0.25) is 21.8 Å². The minimum atomic E-state index is -3.80. The molecule has 1 N–H and O–H groups in total. The smallest absolute Gasteiger partial charge is 0.244 e. The lowest BCUT2D eigenvalue weighted by Crippen LogP contribution is -2.55. The second-order valence-electron chi connectivity index (χ2n) is 11.2. The first-order valence-electron chi connectivity index (χ1n) is 14.3. The first-order valence-corrected chi connectivity index (χ1v) is 16.2. The summed E-state index contributed by atoms with van der Waals surface area (Å²) in [4.78, 5) is 29.7. The van der Waals surface area contributed by atoms with Crippen molar-refractivity contribution in [3.63, 3.8) is 0 Å². The van der Waals surface area contributed by atoms with E-state index in [4.69, 9.17) is 0 Å². The average molecular weight is 576 g/mol. The Morgan fingerprint density at radius 1 is 0.854 bits per heavy atom. The molecule has 0 bridgehead atoms. The van der Waals surface area contributed by atoms with E-state index >= 15 is 0 Å². The molecule has 4 rings (SSSR count). The Bertz CT molecular complexity index is 1400. The van der Waals surface area contributed by atoms with Crippen LogP contribution < -0.4 is 9.62 Å². The lowest BCUT2D eigenvalue weighted by Gasteiger charge is -2.35.